The lowest BCUT2D eigenvalue weighted by molar-refractivity contribution is 0.101. The summed E-state index contributed by atoms with van der Waals surface area (Å²) in [7, 11) is 2.23. The third kappa shape index (κ3) is 12.1. The number of rotatable bonds is 12. The second-order valence-electron chi connectivity index (χ2n) is 16.7. The fourth-order valence-electron chi connectivity index (χ4n) is 9.65. The van der Waals surface area contributed by atoms with Gasteiger partial charge in [0.05, 0.1) is 0 Å². The third-order valence-electron chi connectivity index (χ3n) is 12.9. The van der Waals surface area contributed by atoms with Crippen molar-refractivity contribution in [3.63, 3.8) is 0 Å². The van der Waals surface area contributed by atoms with Gasteiger partial charge in [-0.3, -0.25) is 0 Å². The molecule has 2 saturated carbocycles. The Hall–Kier alpha value is -2.29. The lowest BCUT2D eigenvalue weighted by Gasteiger charge is -2.47. The molecule has 2 aliphatic heterocycles. The third-order valence-corrected chi connectivity index (χ3v) is 13.4. The highest BCUT2D eigenvalue weighted by molar-refractivity contribution is 14.1. The molecule has 0 bridgehead atoms. The topological polar surface area (TPSA) is 21.8 Å². The van der Waals surface area contributed by atoms with E-state index >= 15 is 0 Å². The number of nitrogens with zero attached hydrogens (tertiary/aromatic N) is 3. The van der Waals surface area contributed by atoms with E-state index in [1.54, 1.807) is 0 Å². The number of benzene rings is 4. The molecule has 4 nitrogen and oxygen atoms in total. The van der Waals surface area contributed by atoms with Crippen LogP contribution in [0, 0.1) is 11.8 Å². The summed E-state index contributed by atoms with van der Waals surface area (Å²) < 4.78 is 0. The van der Waals surface area contributed by atoms with Gasteiger partial charge in [0.1, 0.15) is 0 Å². The maximum absolute atomic E-state index is 6.12. The predicted octanol–water partition coefficient (Wildman–Crippen LogP) is 12.9. The molecule has 2 heterocycles. The number of nitrogens with one attached hydrogen (secondary N) is 1. The molecule has 8 rings (SSSR count). The van der Waals surface area contributed by atoms with Gasteiger partial charge in [0.25, 0.3) is 0 Å². The molecular formula is C49H67Cl2IN4. The number of hydrogen-bond acceptors (Lipinski definition) is 4. The molecule has 0 aromatic heterocycles. The van der Waals surface area contributed by atoms with Crippen LogP contribution in [0.25, 0.3) is 0 Å². The summed E-state index contributed by atoms with van der Waals surface area (Å²) >= 11 is 14.4. The zero-order valence-corrected chi connectivity index (χ0v) is 36.9. The fourth-order valence-corrected chi connectivity index (χ4v) is 9.90. The quantitative estimate of drug-likeness (QED) is 0.113. The molecule has 304 valence electrons. The van der Waals surface area contributed by atoms with Crippen molar-refractivity contribution in [3.8, 4) is 0 Å². The van der Waals surface area contributed by atoms with Gasteiger partial charge in [-0.1, -0.05) is 127 Å². The first-order valence-corrected chi connectivity index (χ1v) is 23.7. The van der Waals surface area contributed by atoms with Crippen LogP contribution >= 0.6 is 45.8 Å². The van der Waals surface area contributed by atoms with Gasteiger partial charge in [-0.15, -0.1) is 0 Å². The Morgan fingerprint density at radius 1 is 0.625 bits per heavy atom. The second-order valence-corrected chi connectivity index (χ2v) is 17.6. The van der Waals surface area contributed by atoms with Gasteiger partial charge >= 0.3 is 0 Å². The van der Waals surface area contributed by atoms with Gasteiger partial charge in [-0.05, 0) is 141 Å². The number of halogens is 3. The molecular weight excluding hydrogens is 842 g/mol. The predicted molar refractivity (Wildman–Crippen MR) is 254 cm³/mol. The average molecular weight is 910 g/mol. The molecule has 0 radical (unpaired) electrons. The smallest absolute Gasteiger partial charge is 0.0406 e. The number of para-hydroxylation sites is 2. The van der Waals surface area contributed by atoms with Crippen LogP contribution in [0.4, 0.5) is 11.4 Å². The normalized spacial score (nSPS) is 21.3. The molecule has 2 aliphatic carbocycles. The first kappa shape index (κ1) is 44.8. The van der Waals surface area contributed by atoms with Gasteiger partial charge in [0, 0.05) is 78.6 Å². The molecule has 2 saturated heterocycles. The first-order valence-electron chi connectivity index (χ1n) is 20.8. The van der Waals surface area contributed by atoms with E-state index in [4.69, 9.17) is 23.2 Å². The fraction of sp³-hybridized carbons (Fsp3) is 0.510. The summed E-state index contributed by atoms with van der Waals surface area (Å²) in [5.74, 6) is 1.50. The zero-order valence-electron chi connectivity index (χ0n) is 33.3. The minimum atomic E-state index is 0. The Morgan fingerprint density at radius 3 is 1.54 bits per heavy atom. The maximum Gasteiger partial charge on any atom is 0.0406 e. The number of anilines is 2. The van der Waals surface area contributed by atoms with Crippen molar-refractivity contribution < 1.29 is 0 Å². The zero-order chi connectivity index (χ0) is 38.5. The summed E-state index contributed by atoms with van der Waals surface area (Å²) in [4.78, 5) is 9.85. The van der Waals surface area contributed by atoms with Gasteiger partial charge in [-0.2, -0.15) is 0 Å². The molecule has 1 N–H and O–H groups in total. The van der Waals surface area contributed by atoms with Crippen LogP contribution in [0.2, 0.25) is 10.0 Å². The van der Waals surface area contributed by atoms with Crippen LogP contribution in [-0.4, -0.2) is 74.1 Å². The number of hydrogen-bond donors (Lipinski definition) is 1. The van der Waals surface area contributed by atoms with E-state index in [0.29, 0.717) is 10.8 Å². The van der Waals surface area contributed by atoms with Crippen LogP contribution in [0.1, 0.15) is 82.8 Å². The number of alkyl halides is 1. The molecule has 2 atom stereocenters. The molecule has 0 spiro atoms. The Morgan fingerprint density at radius 2 is 1.07 bits per heavy atom. The molecule has 4 fully saturated rings. The van der Waals surface area contributed by atoms with Crippen molar-refractivity contribution in [1.82, 2.24) is 9.80 Å². The SMILES string of the molecule is C.CI.CN(C[C@H]1CCCN(CC2(c3ccc(Cl)cc3)CCC2)C1)c1ccccc1.Clc1ccc(C2(CN3CCC[C@H](CNc4ccccc4)C3)CCC2)cc1. The van der Waals surface area contributed by atoms with Crippen molar-refractivity contribution in [2.24, 2.45) is 11.8 Å². The van der Waals surface area contributed by atoms with Gasteiger partial charge < -0.3 is 20.0 Å². The molecule has 0 unspecified atom stereocenters. The number of likely N-dealkylation sites (tertiary alicyclic amines) is 2. The molecule has 56 heavy (non-hydrogen) atoms. The Bertz CT molecular complexity index is 1680. The molecule has 4 aromatic carbocycles. The largest absolute Gasteiger partial charge is 0.385 e. The van der Waals surface area contributed by atoms with E-state index in [1.807, 2.05) is 4.93 Å². The van der Waals surface area contributed by atoms with E-state index in [1.165, 1.54) is 126 Å². The standard InChI is InChI=1S/C24H31ClN2.C23H29ClN2.CH3I.CH4/c1-26(23-8-3-2-4-9-23)17-20-7-5-16-27(18-20)19-24(14-6-15-24)21-10-12-22(25)13-11-21;24-21-11-9-20(10-12-21)23(13-5-14-23)18-26-15-4-6-19(17-26)16-25-22-7-2-1-3-8-22;1-2;/h2-4,8-13,20H,5-7,14-19H2,1H3;1-3,7-12,19,25H,4-6,13-18H2;1H3;1H4/t20-;19-;;/m11../s1. The van der Waals surface area contributed by atoms with E-state index < -0.39 is 0 Å². The minimum Gasteiger partial charge on any atom is -0.385 e. The summed E-state index contributed by atoms with van der Waals surface area (Å²) in [6.07, 6.45) is 13.3. The highest BCUT2D eigenvalue weighted by atomic mass is 127. The maximum atomic E-state index is 6.12. The molecule has 4 aromatic rings. The minimum absolute atomic E-state index is 0. The van der Waals surface area contributed by atoms with Crippen molar-refractivity contribution in [2.45, 2.75) is 82.5 Å². The van der Waals surface area contributed by atoms with Gasteiger partial charge in [-0.25, -0.2) is 0 Å². The summed E-state index contributed by atoms with van der Waals surface area (Å²) in [5, 5.41) is 5.31. The van der Waals surface area contributed by atoms with Crippen LogP contribution in [0.5, 0.6) is 0 Å². The van der Waals surface area contributed by atoms with Gasteiger partial charge in [0.2, 0.25) is 0 Å². The monoisotopic (exact) mass is 908 g/mol. The summed E-state index contributed by atoms with van der Waals surface area (Å²) in [6, 6.07) is 38.6. The number of piperidine rings is 2. The Labute approximate surface area is 363 Å². The summed E-state index contributed by atoms with van der Waals surface area (Å²) in [6.45, 7) is 9.58. The van der Waals surface area contributed by atoms with Crippen molar-refractivity contribution in [2.75, 3.05) is 74.6 Å². The first-order chi connectivity index (χ1) is 26.9. The van der Waals surface area contributed by atoms with E-state index in [2.05, 4.69) is 159 Å². The second kappa shape index (κ2) is 22.2. The molecule has 0 amide bonds. The van der Waals surface area contributed by atoms with Crippen LogP contribution in [-0.2, 0) is 10.8 Å². The van der Waals surface area contributed by atoms with Gasteiger partial charge in [0.15, 0.2) is 0 Å². The van der Waals surface area contributed by atoms with E-state index in [0.717, 1.165) is 35.0 Å². The van der Waals surface area contributed by atoms with Crippen LogP contribution in [0.15, 0.2) is 109 Å². The lowest BCUT2D eigenvalue weighted by Crippen LogP contribution is -2.49. The van der Waals surface area contributed by atoms with Crippen molar-refractivity contribution in [3.05, 3.63) is 130 Å². The lowest BCUT2D eigenvalue weighted by atomic mass is 9.64. The highest BCUT2D eigenvalue weighted by Crippen LogP contribution is 2.46. The highest BCUT2D eigenvalue weighted by Gasteiger charge is 2.42. The Balaban J connectivity index is 0.000000202. The van der Waals surface area contributed by atoms with E-state index in [-0.39, 0.29) is 7.43 Å². The average Bonchev–Trinajstić information content (AvgIpc) is 3.20. The van der Waals surface area contributed by atoms with Crippen molar-refractivity contribution in [1.29, 1.82) is 0 Å². The Kier molecular flexibility index (Phi) is 17.7. The summed E-state index contributed by atoms with van der Waals surface area (Å²) in [5.41, 5.74) is 6.25. The van der Waals surface area contributed by atoms with Crippen LogP contribution in [0.3, 0.4) is 0 Å². The molecule has 7 heteroatoms. The van der Waals surface area contributed by atoms with Crippen LogP contribution < -0.4 is 10.2 Å². The van der Waals surface area contributed by atoms with E-state index in [9.17, 15) is 0 Å². The molecule has 4 aliphatic rings. The van der Waals surface area contributed by atoms with Crippen molar-refractivity contribution >= 4 is 57.2 Å².